The third kappa shape index (κ3) is 3.69. The molecule has 0 saturated heterocycles. The summed E-state index contributed by atoms with van der Waals surface area (Å²) in [5, 5.41) is 9.44. The first kappa shape index (κ1) is 17.4. The molecule has 0 radical (unpaired) electrons. The maximum absolute atomic E-state index is 12.0. The van der Waals surface area contributed by atoms with Gasteiger partial charge in [0.25, 0.3) is 0 Å². The number of hydrogen-bond acceptors (Lipinski definition) is 7. The minimum Gasteiger partial charge on any atom is -0.712 e. The summed E-state index contributed by atoms with van der Waals surface area (Å²) >= 11 is 0. The van der Waals surface area contributed by atoms with Crippen molar-refractivity contribution in [3.63, 3.8) is 0 Å². The molecule has 1 heterocycles. The predicted octanol–water partition coefficient (Wildman–Crippen LogP) is 2.17. The largest absolute Gasteiger partial charge is 0.712 e. The Hall–Kier alpha value is -1.95. The molecule has 0 unspecified atom stereocenters. The molecule has 0 atom stereocenters. The molecule has 1 aromatic heterocycles. The van der Waals surface area contributed by atoms with Gasteiger partial charge in [-0.25, -0.2) is 9.36 Å². The number of benzene rings is 1. The Morgan fingerprint density at radius 3 is 2.22 bits per heavy atom. The molecule has 7 nitrogen and oxygen atoms in total. The van der Waals surface area contributed by atoms with E-state index in [2.05, 4.69) is 4.67 Å². The summed E-state index contributed by atoms with van der Waals surface area (Å²) in [6, 6.07) is 3.63. The highest BCUT2D eigenvalue weighted by atomic mass is 31.1. The summed E-state index contributed by atoms with van der Waals surface area (Å²) < 4.78 is 27.4. The third-order valence-electron chi connectivity index (χ3n) is 3.76. The molecule has 124 valence electrons. The average Bonchev–Trinajstić information content (AvgIpc) is 2.61. The number of rotatable bonds is 3. The molecule has 0 amide bonds. The van der Waals surface area contributed by atoms with Crippen LogP contribution in [0.1, 0.15) is 24.0 Å². The fourth-order valence-electron chi connectivity index (χ4n) is 2.77. The first-order chi connectivity index (χ1) is 11.2. The normalized spacial score (nSPS) is 13.2. The van der Waals surface area contributed by atoms with Gasteiger partial charge in [0.05, 0.1) is 14.2 Å². The molecular formula is C15H16O7P-. The van der Waals surface area contributed by atoms with E-state index < -0.39 is 8.69 Å². The molecule has 1 aromatic carbocycles. The van der Waals surface area contributed by atoms with E-state index >= 15 is 0 Å². The molecule has 23 heavy (non-hydrogen) atoms. The molecule has 3 rings (SSSR count). The van der Waals surface area contributed by atoms with Crippen LogP contribution in [0.15, 0.2) is 21.3 Å². The fourth-order valence-corrected chi connectivity index (χ4v) is 2.77. The first-order valence-corrected chi connectivity index (χ1v) is 7.71. The molecule has 0 saturated carbocycles. The zero-order valence-electron chi connectivity index (χ0n) is 12.8. The summed E-state index contributed by atoms with van der Waals surface area (Å²) in [5.74, 6) is 1.24. The summed E-state index contributed by atoms with van der Waals surface area (Å²) in [4.78, 5) is 12.0. The van der Waals surface area contributed by atoms with Crippen molar-refractivity contribution in [3.05, 3.63) is 33.7 Å². The highest BCUT2D eigenvalue weighted by Gasteiger charge is 2.19. The second-order valence-electron chi connectivity index (χ2n) is 4.91. The number of fused-ring (bicyclic) bond motifs is 3. The molecule has 0 N–H and O–H groups in total. The number of methoxy groups -OCH3 is 2. The molecule has 1 aliphatic carbocycles. The van der Waals surface area contributed by atoms with Crippen molar-refractivity contribution in [2.45, 2.75) is 25.7 Å². The van der Waals surface area contributed by atoms with Gasteiger partial charge in [-0.2, -0.15) is 0 Å². The van der Waals surface area contributed by atoms with Crippen LogP contribution in [0.2, 0.25) is 0 Å². The van der Waals surface area contributed by atoms with Crippen LogP contribution in [0.4, 0.5) is 0 Å². The van der Waals surface area contributed by atoms with Gasteiger partial charge in [0.2, 0.25) is 0 Å². The van der Waals surface area contributed by atoms with Gasteiger partial charge in [0.1, 0.15) is 5.58 Å². The predicted molar refractivity (Wildman–Crippen MR) is 80.9 cm³/mol. The first-order valence-electron chi connectivity index (χ1n) is 6.98. The standard InChI is InChI=1S/C15H16O4.HO3P/c1-17-13-7-11-9-5-3-4-6-10(9)15(16)19-12(11)8-14(13)18-2;1-3-4-2/h7-8H,3-6H2,1-2H3;1H/p-1. The molecule has 0 spiro atoms. The molecule has 0 aliphatic heterocycles. The van der Waals surface area contributed by atoms with Crippen molar-refractivity contribution >= 4 is 19.7 Å². The summed E-state index contributed by atoms with van der Waals surface area (Å²) in [6.07, 6.45) is 3.89. The Bertz CT molecular complexity index is 754. The van der Waals surface area contributed by atoms with Crippen LogP contribution >= 0.6 is 8.69 Å². The molecule has 8 heteroatoms. The van der Waals surface area contributed by atoms with Crippen molar-refractivity contribution in [1.29, 1.82) is 0 Å². The van der Waals surface area contributed by atoms with E-state index in [1.807, 2.05) is 6.07 Å². The van der Waals surface area contributed by atoms with Crippen molar-refractivity contribution < 1.29 is 28.4 Å². The van der Waals surface area contributed by atoms with Crippen LogP contribution < -0.4 is 20.4 Å². The summed E-state index contributed by atoms with van der Waals surface area (Å²) in [5.41, 5.74) is 2.29. The van der Waals surface area contributed by atoms with E-state index in [9.17, 15) is 4.79 Å². The SMILES string of the molecule is COc1cc2oc(=O)c3c(c2cc1OC)CCCC3.O=PO[O-]. The van der Waals surface area contributed by atoms with Crippen molar-refractivity contribution in [2.75, 3.05) is 14.2 Å². The highest BCUT2D eigenvalue weighted by molar-refractivity contribution is 7.17. The second kappa shape index (κ2) is 8.06. The van der Waals surface area contributed by atoms with Crippen LogP contribution in [0.25, 0.3) is 11.0 Å². The molecule has 2 aromatic rings. The van der Waals surface area contributed by atoms with Crippen molar-refractivity contribution in [2.24, 2.45) is 0 Å². The lowest BCUT2D eigenvalue weighted by Crippen LogP contribution is -2.15. The minimum absolute atomic E-state index is 0.214. The van der Waals surface area contributed by atoms with Gasteiger partial charge < -0.3 is 23.8 Å². The number of aryl methyl sites for hydroxylation is 1. The van der Waals surface area contributed by atoms with E-state index in [1.54, 1.807) is 20.3 Å². The molecule has 0 bridgehead atoms. The van der Waals surface area contributed by atoms with Crippen LogP contribution in [-0.2, 0) is 22.1 Å². The van der Waals surface area contributed by atoms with Gasteiger partial charge >= 0.3 is 14.3 Å². The quantitative estimate of drug-likeness (QED) is 0.366. The van der Waals surface area contributed by atoms with Gasteiger partial charge in [-0.15, -0.1) is 0 Å². The van der Waals surface area contributed by atoms with Gasteiger partial charge in [-0.05, 0) is 37.3 Å². The lowest BCUT2D eigenvalue weighted by molar-refractivity contribution is -0.633. The Morgan fingerprint density at radius 2 is 1.65 bits per heavy atom. The smallest absolute Gasteiger partial charge is 0.339 e. The topological polar surface area (TPSA) is 98.0 Å². The van der Waals surface area contributed by atoms with Crippen LogP contribution in [-0.4, -0.2) is 14.2 Å². The van der Waals surface area contributed by atoms with Crippen molar-refractivity contribution in [1.82, 2.24) is 0 Å². The van der Waals surface area contributed by atoms with Crippen LogP contribution in [0.5, 0.6) is 11.5 Å². The lowest BCUT2D eigenvalue weighted by Gasteiger charge is -2.17. The lowest BCUT2D eigenvalue weighted by atomic mass is 9.90. The van der Waals surface area contributed by atoms with Gasteiger partial charge in [0.15, 0.2) is 11.5 Å². The maximum atomic E-state index is 12.0. The van der Waals surface area contributed by atoms with E-state index in [0.717, 1.165) is 42.2 Å². The van der Waals surface area contributed by atoms with Gasteiger partial charge in [-0.1, -0.05) is 0 Å². The maximum Gasteiger partial charge on any atom is 0.339 e. The van der Waals surface area contributed by atoms with Gasteiger partial charge in [0, 0.05) is 17.0 Å². The molecule has 1 aliphatic rings. The summed E-state index contributed by atoms with van der Waals surface area (Å²) in [6.45, 7) is 0. The Labute approximate surface area is 134 Å². The zero-order chi connectivity index (χ0) is 16.8. The van der Waals surface area contributed by atoms with E-state index in [1.165, 1.54) is 0 Å². The minimum atomic E-state index is -0.807. The highest BCUT2D eigenvalue weighted by Crippen LogP contribution is 2.35. The number of ether oxygens (including phenoxy) is 2. The van der Waals surface area contributed by atoms with E-state index in [0.29, 0.717) is 17.1 Å². The van der Waals surface area contributed by atoms with Gasteiger partial charge in [-0.3, -0.25) is 0 Å². The monoisotopic (exact) mass is 339 g/mol. The summed E-state index contributed by atoms with van der Waals surface area (Å²) in [7, 11) is 2.37. The zero-order valence-corrected chi connectivity index (χ0v) is 13.7. The number of hydrogen-bond donors (Lipinski definition) is 0. The Balaban J connectivity index is 0.000000433. The van der Waals surface area contributed by atoms with E-state index in [4.69, 9.17) is 23.7 Å². The Morgan fingerprint density at radius 1 is 1.09 bits per heavy atom. The third-order valence-corrected chi connectivity index (χ3v) is 3.82. The molecular weight excluding hydrogens is 323 g/mol. The molecule has 0 fully saturated rings. The van der Waals surface area contributed by atoms with Crippen molar-refractivity contribution in [3.8, 4) is 11.5 Å². The average molecular weight is 339 g/mol. The second-order valence-corrected chi connectivity index (χ2v) is 5.20. The Kier molecular flexibility index (Phi) is 6.10. The van der Waals surface area contributed by atoms with Crippen LogP contribution in [0.3, 0.4) is 0 Å². The van der Waals surface area contributed by atoms with Crippen LogP contribution in [0, 0.1) is 0 Å². The van der Waals surface area contributed by atoms with E-state index in [-0.39, 0.29) is 5.63 Å². The fraction of sp³-hybridized carbons (Fsp3) is 0.400.